The Labute approximate surface area is 138 Å². The van der Waals surface area contributed by atoms with Crippen LogP contribution in [0.1, 0.15) is 36.9 Å². The normalized spacial score (nSPS) is 22.1. The minimum Gasteiger partial charge on any atom is -0.396 e. The van der Waals surface area contributed by atoms with Gasteiger partial charge in [0.05, 0.1) is 6.20 Å². The number of aliphatic hydroxyl groups excluding tert-OH is 1. The summed E-state index contributed by atoms with van der Waals surface area (Å²) in [4.78, 5) is 6.52. The van der Waals surface area contributed by atoms with E-state index in [1.165, 1.54) is 11.1 Å². The summed E-state index contributed by atoms with van der Waals surface area (Å²) in [7, 11) is 0. The lowest BCUT2D eigenvalue weighted by atomic mass is 9.92. The first-order valence-corrected chi connectivity index (χ1v) is 8.43. The molecule has 5 nitrogen and oxygen atoms in total. The van der Waals surface area contributed by atoms with E-state index < -0.39 is 0 Å². The van der Waals surface area contributed by atoms with Crippen LogP contribution < -0.4 is 0 Å². The third-order valence-electron chi connectivity index (χ3n) is 4.80. The number of rotatable bonds is 6. The highest BCUT2D eigenvalue weighted by atomic mass is 16.3. The predicted molar refractivity (Wildman–Crippen MR) is 90.3 cm³/mol. The average Bonchev–Trinajstić information content (AvgIpc) is 3.20. The molecule has 0 aromatic carbocycles. The maximum Gasteiger partial charge on any atom is 0.0525 e. The molecule has 1 aliphatic heterocycles. The van der Waals surface area contributed by atoms with Crippen molar-refractivity contribution in [3.63, 3.8) is 0 Å². The van der Waals surface area contributed by atoms with Crippen LogP contribution in [0.15, 0.2) is 36.9 Å². The second kappa shape index (κ2) is 7.23. The van der Waals surface area contributed by atoms with Crippen molar-refractivity contribution in [1.29, 1.82) is 0 Å². The van der Waals surface area contributed by atoms with Gasteiger partial charge in [0.1, 0.15) is 0 Å². The van der Waals surface area contributed by atoms with Crippen LogP contribution in [-0.2, 0) is 6.42 Å². The summed E-state index contributed by atoms with van der Waals surface area (Å²) in [6.07, 6.45) is 8.83. The molecule has 3 rings (SSSR count). The summed E-state index contributed by atoms with van der Waals surface area (Å²) in [5.41, 5.74) is 2.57. The highest BCUT2D eigenvalue weighted by molar-refractivity contribution is 5.17. The van der Waals surface area contributed by atoms with E-state index in [9.17, 15) is 5.11 Å². The molecular weight excluding hydrogens is 288 g/mol. The Morgan fingerprint density at radius 3 is 2.70 bits per heavy atom. The molecule has 1 saturated heterocycles. The van der Waals surface area contributed by atoms with Crippen molar-refractivity contribution in [3.05, 3.63) is 48.0 Å². The topological polar surface area (TPSA) is 54.2 Å². The molecule has 1 fully saturated rings. The Balaban J connectivity index is 1.63. The molecule has 1 N–H and O–H groups in total. The van der Waals surface area contributed by atoms with Gasteiger partial charge in [-0.2, -0.15) is 5.10 Å². The quantitative estimate of drug-likeness (QED) is 0.887. The van der Waals surface area contributed by atoms with Gasteiger partial charge in [-0.3, -0.25) is 9.67 Å². The first-order valence-electron chi connectivity index (χ1n) is 8.43. The Morgan fingerprint density at radius 1 is 1.26 bits per heavy atom. The summed E-state index contributed by atoms with van der Waals surface area (Å²) in [5.74, 6) is 0.683. The SMILES string of the molecule is CC(C)n1cc([C@@H]2CN(CCc3ccncc3)C[C@H]2CO)cn1. The molecular formula is C18H26N4O. The van der Waals surface area contributed by atoms with E-state index in [1.54, 1.807) is 0 Å². The molecule has 2 atom stereocenters. The monoisotopic (exact) mass is 314 g/mol. The summed E-state index contributed by atoms with van der Waals surface area (Å²) < 4.78 is 2.00. The van der Waals surface area contributed by atoms with E-state index in [-0.39, 0.29) is 6.61 Å². The lowest BCUT2D eigenvalue weighted by molar-refractivity contribution is 0.215. The van der Waals surface area contributed by atoms with Crippen molar-refractivity contribution in [1.82, 2.24) is 19.7 Å². The highest BCUT2D eigenvalue weighted by Gasteiger charge is 2.33. The fourth-order valence-corrected chi connectivity index (χ4v) is 3.37. The van der Waals surface area contributed by atoms with Crippen LogP contribution in [0.3, 0.4) is 0 Å². The van der Waals surface area contributed by atoms with Crippen molar-refractivity contribution < 1.29 is 5.11 Å². The molecule has 0 saturated carbocycles. The zero-order valence-corrected chi connectivity index (χ0v) is 14.0. The van der Waals surface area contributed by atoms with Gasteiger partial charge in [-0.05, 0) is 43.5 Å². The number of aromatic nitrogens is 3. The average molecular weight is 314 g/mol. The molecule has 0 aliphatic carbocycles. The van der Waals surface area contributed by atoms with E-state index in [2.05, 4.69) is 47.2 Å². The van der Waals surface area contributed by atoms with Gasteiger partial charge in [0.25, 0.3) is 0 Å². The van der Waals surface area contributed by atoms with Crippen LogP contribution >= 0.6 is 0 Å². The first kappa shape index (κ1) is 16.1. The van der Waals surface area contributed by atoms with Gasteiger partial charge in [-0.1, -0.05) is 0 Å². The molecule has 0 spiro atoms. The summed E-state index contributed by atoms with van der Waals surface area (Å²) >= 11 is 0. The zero-order chi connectivity index (χ0) is 16.2. The molecule has 0 bridgehead atoms. The van der Waals surface area contributed by atoms with E-state index >= 15 is 0 Å². The van der Waals surface area contributed by atoms with Crippen molar-refractivity contribution in [2.24, 2.45) is 5.92 Å². The van der Waals surface area contributed by atoms with E-state index in [4.69, 9.17) is 0 Å². The van der Waals surface area contributed by atoms with Crippen LogP contribution in [0, 0.1) is 5.92 Å². The molecule has 2 aromatic rings. The molecule has 124 valence electrons. The zero-order valence-electron chi connectivity index (χ0n) is 14.0. The molecule has 0 radical (unpaired) electrons. The summed E-state index contributed by atoms with van der Waals surface area (Å²) in [5, 5.41) is 14.2. The van der Waals surface area contributed by atoms with Crippen molar-refractivity contribution in [2.75, 3.05) is 26.2 Å². The minimum absolute atomic E-state index is 0.239. The lowest BCUT2D eigenvalue weighted by Gasteiger charge is -2.15. The van der Waals surface area contributed by atoms with Crippen LogP contribution in [0.25, 0.3) is 0 Å². The van der Waals surface area contributed by atoms with Crippen molar-refractivity contribution in [2.45, 2.75) is 32.2 Å². The second-order valence-electron chi connectivity index (χ2n) is 6.76. The number of pyridine rings is 1. The third kappa shape index (κ3) is 3.79. The van der Waals surface area contributed by atoms with Crippen LogP contribution in [-0.4, -0.2) is 51.0 Å². The van der Waals surface area contributed by atoms with Crippen LogP contribution in [0.4, 0.5) is 0 Å². The second-order valence-corrected chi connectivity index (χ2v) is 6.76. The molecule has 3 heterocycles. The Bertz CT molecular complexity index is 610. The molecule has 0 unspecified atom stereocenters. The highest BCUT2D eigenvalue weighted by Crippen LogP contribution is 2.32. The number of likely N-dealkylation sites (tertiary alicyclic amines) is 1. The number of hydrogen-bond donors (Lipinski definition) is 1. The summed E-state index contributed by atoms with van der Waals surface area (Å²) in [6, 6.07) is 4.52. The van der Waals surface area contributed by atoms with Gasteiger partial charge in [0.2, 0.25) is 0 Å². The Kier molecular flexibility index (Phi) is 5.08. The molecule has 23 heavy (non-hydrogen) atoms. The third-order valence-corrected chi connectivity index (χ3v) is 4.80. The molecule has 1 aliphatic rings. The van der Waals surface area contributed by atoms with Crippen molar-refractivity contribution in [3.8, 4) is 0 Å². The smallest absolute Gasteiger partial charge is 0.0525 e. The van der Waals surface area contributed by atoms with Gasteiger partial charge in [0, 0.05) is 62.7 Å². The van der Waals surface area contributed by atoms with E-state index in [0.717, 1.165) is 26.1 Å². The maximum absolute atomic E-state index is 9.75. The van der Waals surface area contributed by atoms with Gasteiger partial charge in [-0.25, -0.2) is 0 Å². The minimum atomic E-state index is 0.239. The standard InChI is InChI=1S/C18H26N4O/c1-14(2)22-11-16(9-20-22)18-12-21(10-17(18)13-23)8-5-15-3-6-19-7-4-15/h3-4,6-7,9,11,14,17-18,23H,5,8,10,12-13H2,1-2H3/t17-,18-/m0/s1. The van der Waals surface area contributed by atoms with E-state index in [0.29, 0.717) is 17.9 Å². The Morgan fingerprint density at radius 2 is 2.04 bits per heavy atom. The van der Waals surface area contributed by atoms with Gasteiger partial charge < -0.3 is 10.0 Å². The number of aliphatic hydroxyl groups is 1. The van der Waals surface area contributed by atoms with Gasteiger partial charge >= 0.3 is 0 Å². The van der Waals surface area contributed by atoms with Gasteiger partial charge in [-0.15, -0.1) is 0 Å². The van der Waals surface area contributed by atoms with Gasteiger partial charge in [0.15, 0.2) is 0 Å². The Hall–Kier alpha value is -1.72. The fraction of sp³-hybridized carbons (Fsp3) is 0.556. The maximum atomic E-state index is 9.75. The van der Waals surface area contributed by atoms with Crippen molar-refractivity contribution >= 4 is 0 Å². The number of nitrogens with zero attached hydrogens (tertiary/aromatic N) is 4. The number of hydrogen-bond acceptors (Lipinski definition) is 4. The predicted octanol–water partition coefficient (Wildman–Crippen LogP) is 2.11. The largest absolute Gasteiger partial charge is 0.396 e. The first-order chi connectivity index (χ1) is 11.2. The fourth-order valence-electron chi connectivity index (χ4n) is 3.37. The lowest BCUT2D eigenvalue weighted by Crippen LogP contribution is -2.24. The van der Waals surface area contributed by atoms with Crippen LogP contribution in [0.5, 0.6) is 0 Å². The molecule has 5 heteroatoms. The molecule has 0 amide bonds. The van der Waals surface area contributed by atoms with Crippen LogP contribution in [0.2, 0.25) is 0 Å². The summed E-state index contributed by atoms with van der Waals surface area (Å²) in [6.45, 7) is 7.49. The molecule has 2 aromatic heterocycles. The van der Waals surface area contributed by atoms with E-state index in [1.807, 2.05) is 23.3 Å².